The van der Waals surface area contributed by atoms with Crippen molar-refractivity contribution >= 4 is 0 Å². The van der Waals surface area contributed by atoms with Crippen molar-refractivity contribution in [3.8, 4) is 17.2 Å². The van der Waals surface area contributed by atoms with E-state index in [2.05, 4.69) is 4.90 Å². The molecule has 0 aromatic heterocycles. The highest BCUT2D eigenvalue weighted by Gasteiger charge is 2.28. The van der Waals surface area contributed by atoms with Gasteiger partial charge in [0.2, 0.25) is 5.75 Å². The molecule has 0 amide bonds. The van der Waals surface area contributed by atoms with Crippen molar-refractivity contribution in [2.24, 2.45) is 0 Å². The molecule has 1 atom stereocenters. The molecular formula is C16H25NO4. The molecule has 1 heterocycles. The third-order valence-electron chi connectivity index (χ3n) is 4.08. The van der Waals surface area contributed by atoms with E-state index in [1.807, 2.05) is 12.1 Å². The van der Waals surface area contributed by atoms with E-state index < -0.39 is 0 Å². The zero-order valence-corrected chi connectivity index (χ0v) is 13.1. The van der Waals surface area contributed by atoms with E-state index in [1.54, 1.807) is 21.3 Å². The predicted molar refractivity (Wildman–Crippen MR) is 81.3 cm³/mol. The van der Waals surface area contributed by atoms with Crippen LogP contribution in [0.25, 0.3) is 0 Å². The zero-order valence-electron chi connectivity index (χ0n) is 13.1. The van der Waals surface area contributed by atoms with E-state index >= 15 is 0 Å². The van der Waals surface area contributed by atoms with E-state index in [9.17, 15) is 5.11 Å². The first-order chi connectivity index (χ1) is 10.3. The molecule has 21 heavy (non-hydrogen) atoms. The molecule has 5 heteroatoms. The molecule has 1 saturated heterocycles. The molecule has 2 rings (SSSR count). The first kappa shape index (κ1) is 15.9. The average Bonchev–Trinajstić information content (AvgIpc) is 3.05. The predicted octanol–water partition coefficient (Wildman–Crippen LogP) is 2.23. The van der Waals surface area contributed by atoms with Gasteiger partial charge in [-0.05, 0) is 44.5 Å². The number of likely N-dealkylation sites (tertiary alicyclic amines) is 1. The summed E-state index contributed by atoms with van der Waals surface area (Å²) >= 11 is 0. The minimum absolute atomic E-state index is 0.146. The lowest BCUT2D eigenvalue weighted by Gasteiger charge is -2.29. The number of ether oxygens (including phenoxy) is 3. The summed E-state index contributed by atoms with van der Waals surface area (Å²) in [6.45, 7) is 2.27. The van der Waals surface area contributed by atoms with Crippen molar-refractivity contribution in [3.05, 3.63) is 17.7 Å². The average molecular weight is 295 g/mol. The minimum atomic E-state index is 0.146. The molecule has 1 unspecified atom stereocenters. The molecule has 1 aliphatic heterocycles. The largest absolute Gasteiger partial charge is 0.493 e. The van der Waals surface area contributed by atoms with E-state index in [-0.39, 0.29) is 12.6 Å². The van der Waals surface area contributed by atoms with Crippen LogP contribution in [0.15, 0.2) is 12.1 Å². The third-order valence-corrected chi connectivity index (χ3v) is 4.08. The summed E-state index contributed by atoms with van der Waals surface area (Å²) in [7, 11) is 4.87. The number of hydrogen-bond donors (Lipinski definition) is 1. The number of aliphatic hydroxyl groups excluding tert-OH is 1. The van der Waals surface area contributed by atoms with Crippen LogP contribution >= 0.6 is 0 Å². The summed E-state index contributed by atoms with van der Waals surface area (Å²) in [5.74, 6) is 1.96. The van der Waals surface area contributed by atoms with Gasteiger partial charge in [0.25, 0.3) is 0 Å². The second-order valence-corrected chi connectivity index (χ2v) is 5.19. The number of rotatable bonds is 7. The fourth-order valence-corrected chi connectivity index (χ4v) is 3.10. The summed E-state index contributed by atoms with van der Waals surface area (Å²) in [6.07, 6.45) is 3.10. The number of methoxy groups -OCH3 is 3. The SMILES string of the molecule is COc1ccc(C(CCO)N2CCCC2)c(OC)c1OC. The Morgan fingerprint density at radius 3 is 2.24 bits per heavy atom. The van der Waals surface area contributed by atoms with Crippen LogP contribution in [-0.4, -0.2) is 51.0 Å². The molecule has 0 aliphatic carbocycles. The van der Waals surface area contributed by atoms with Crippen molar-refractivity contribution in [3.63, 3.8) is 0 Å². The van der Waals surface area contributed by atoms with Gasteiger partial charge in [0.15, 0.2) is 11.5 Å². The number of nitrogens with zero attached hydrogens (tertiary/aromatic N) is 1. The van der Waals surface area contributed by atoms with Crippen molar-refractivity contribution in [2.75, 3.05) is 41.0 Å². The highest BCUT2D eigenvalue weighted by Crippen LogP contribution is 2.44. The van der Waals surface area contributed by atoms with Crippen LogP contribution in [0.1, 0.15) is 30.9 Å². The smallest absolute Gasteiger partial charge is 0.203 e. The van der Waals surface area contributed by atoms with Gasteiger partial charge in [0.1, 0.15) is 0 Å². The topological polar surface area (TPSA) is 51.2 Å². The first-order valence-corrected chi connectivity index (χ1v) is 7.40. The Labute approximate surface area is 126 Å². The summed E-state index contributed by atoms with van der Waals surface area (Å²) in [5, 5.41) is 9.43. The van der Waals surface area contributed by atoms with Gasteiger partial charge in [-0.1, -0.05) is 0 Å². The van der Waals surface area contributed by atoms with E-state index in [4.69, 9.17) is 14.2 Å². The Hall–Kier alpha value is -1.46. The van der Waals surface area contributed by atoms with Crippen LogP contribution in [0.3, 0.4) is 0 Å². The molecular weight excluding hydrogens is 270 g/mol. The van der Waals surface area contributed by atoms with Crippen LogP contribution in [0.5, 0.6) is 17.2 Å². The monoisotopic (exact) mass is 295 g/mol. The molecule has 0 radical (unpaired) electrons. The van der Waals surface area contributed by atoms with E-state index in [0.29, 0.717) is 23.7 Å². The number of benzene rings is 1. The van der Waals surface area contributed by atoms with Crippen molar-refractivity contribution in [1.82, 2.24) is 4.90 Å². The molecule has 0 bridgehead atoms. The Balaban J connectivity index is 2.43. The Morgan fingerprint density at radius 1 is 1.05 bits per heavy atom. The van der Waals surface area contributed by atoms with Crippen LogP contribution in [0.2, 0.25) is 0 Å². The maximum Gasteiger partial charge on any atom is 0.203 e. The summed E-state index contributed by atoms with van der Waals surface area (Å²) < 4.78 is 16.4. The fraction of sp³-hybridized carbons (Fsp3) is 0.625. The zero-order chi connectivity index (χ0) is 15.2. The molecule has 1 aliphatic rings. The van der Waals surface area contributed by atoms with Crippen LogP contribution in [-0.2, 0) is 0 Å². The van der Waals surface area contributed by atoms with Crippen LogP contribution in [0.4, 0.5) is 0 Å². The van der Waals surface area contributed by atoms with Gasteiger partial charge < -0.3 is 19.3 Å². The maximum absolute atomic E-state index is 9.43. The second-order valence-electron chi connectivity index (χ2n) is 5.19. The van der Waals surface area contributed by atoms with E-state index in [0.717, 1.165) is 18.7 Å². The highest BCUT2D eigenvalue weighted by molar-refractivity contribution is 5.56. The molecule has 1 aromatic carbocycles. The summed E-state index contributed by atoms with van der Waals surface area (Å²) in [6, 6.07) is 4.06. The van der Waals surface area contributed by atoms with Crippen LogP contribution < -0.4 is 14.2 Å². The maximum atomic E-state index is 9.43. The third kappa shape index (κ3) is 3.24. The molecule has 0 saturated carbocycles. The van der Waals surface area contributed by atoms with Gasteiger partial charge in [-0.25, -0.2) is 0 Å². The second kappa shape index (κ2) is 7.52. The first-order valence-electron chi connectivity index (χ1n) is 7.40. The Bertz CT molecular complexity index is 458. The highest BCUT2D eigenvalue weighted by atomic mass is 16.5. The number of aliphatic hydroxyl groups is 1. The summed E-state index contributed by atoms with van der Waals surface area (Å²) in [5.41, 5.74) is 1.05. The molecule has 5 nitrogen and oxygen atoms in total. The van der Waals surface area contributed by atoms with Crippen LogP contribution in [0, 0.1) is 0 Å². The summed E-state index contributed by atoms with van der Waals surface area (Å²) in [4.78, 5) is 2.40. The standard InChI is InChI=1S/C16H25NO4/c1-19-14-7-6-12(15(20-2)16(14)21-3)13(8-11-18)17-9-4-5-10-17/h6-7,13,18H,4-5,8-11H2,1-3H3. The number of hydrogen-bond acceptors (Lipinski definition) is 5. The van der Waals surface area contributed by atoms with Gasteiger partial charge in [-0.15, -0.1) is 0 Å². The lowest BCUT2D eigenvalue weighted by molar-refractivity contribution is 0.181. The van der Waals surface area contributed by atoms with Gasteiger partial charge >= 0.3 is 0 Å². The van der Waals surface area contributed by atoms with Crippen molar-refractivity contribution in [1.29, 1.82) is 0 Å². The van der Waals surface area contributed by atoms with Gasteiger partial charge in [-0.3, -0.25) is 4.90 Å². The Morgan fingerprint density at radius 2 is 1.71 bits per heavy atom. The molecule has 1 aromatic rings. The minimum Gasteiger partial charge on any atom is -0.493 e. The van der Waals surface area contributed by atoms with Gasteiger partial charge in [0, 0.05) is 18.2 Å². The Kier molecular flexibility index (Phi) is 5.70. The lowest BCUT2D eigenvalue weighted by Crippen LogP contribution is -2.27. The molecule has 1 N–H and O–H groups in total. The molecule has 1 fully saturated rings. The quantitative estimate of drug-likeness (QED) is 0.836. The fourth-order valence-electron chi connectivity index (χ4n) is 3.10. The molecule has 0 spiro atoms. The normalized spacial score (nSPS) is 16.8. The molecule has 118 valence electrons. The van der Waals surface area contributed by atoms with Crippen molar-refractivity contribution in [2.45, 2.75) is 25.3 Å². The lowest BCUT2D eigenvalue weighted by atomic mass is 10.0. The van der Waals surface area contributed by atoms with Crippen molar-refractivity contribution < 1.29 is 19.3 Å². The van der Waals surface area contributed by atoms with Gasteiger partial charge in [-0.2, -0.15) is 0 Å². The van der Waals surface area contributed by atoms with Gasteiger partial charge in [0.05, 0.1) is 21.3 Å². The van der Waals surface area contributed by atoms with E-state index in [1.165, 1.54) is 12.8 Å².